The number of hydrogen-bond acceptors (Lipinski definition) is 2. The van der Waals surface area contributed by atoms with Gasteiger partial charge in [0.15, 0.2) is 5.82 Å². The van der Waals surface area contributed by atoms with E-state index < -0.39 is 0 Å². The van der Waals surface area contributed by atoms with E-state index in [0.29, 0.717) is 5.82 Å². The molecule has 10 aromatic carbocycles. The minimum atomic E-state index is 0.705. The van der Waals surface area contributed by atoms with Gasteiger partial charge in [0.2, 0.25) is 0 Å². The van der Waals surface area contributed by atoms with E-state index in [1.165, 1.54) is 50.1 Å². The van der Waals surface area contributed by atoms with Crippen LogP contribution in [0.3, 0.4) is 0 Å². The monoisotopic (exact) mass is 788 g/mol. The Kier molecular flexibility index (Phi) is 9.57. The molecular formula is C60H40N2. The first-order valence-corrected chi connectivity index (χ1v) is 21.1. The molecule has 0 bridgehead atoms. The summed E-state index contributed by atoms with van der Waals surface area (Å²) in [5.74, 6) is 0.705. The molecule has 11 aromatic rings. The van der Waals surface area contributed by atoms with E-state index in [1.807, 2.05) is 0 Å². The Balaban J connectivity index is 0.924. The van der Waals surface area contributed by atoms with Gasteiger partial charge in [0.05, 0.1) is 11.2 Å². The minimum Gasteiger partial charge on any atom is -0.227 e. The second-order valence-electron chi connectivity index (χ2n) is 15.8. The van der Waals surface area contributed by atoms with Crippen molar-refractivity contribution in [3.63, 3.8) is 0 Å². The molecule has 0 saturated carbocycles. The van der Waals surface area contributed by atoms with Crippen molar-refractivity contribution in [3.8, 4) is 89.4 Å². The molecule has 0 aliphatic heterocycles. The highest BCUT2D eigenvalue weighted by Crippen LogP contribution is 2.37. The van der Waals surface area contributed by atoms with Crippen molar-refractivity contribution in [1.82, 2.24) is 9.97 Å². The van der Waals surface area contributed by atoms with Gasteiger partial charge in [-0.2, -0.15) is 0 Å². The maximum Gasteiger partial charge on any atom is 0.160 e. The molecule has 290 valence electrons. The van der Waals surface area contributed by atoms with Crippen molar-refractivity contribution in [2.75, 3.05) is 0 Å². The lowest BCUT2D eigenvalue weighted by molar-refractivity contribution is 1.23. The molecular weight excluding hydrogens is 749 g/mol. The van der Waals surface area contributed by atoms with Crippen LogP contribution in [0.5, 0.6) is 0 Å². The number of fused-ring (bicyclic) bond motifs is 3. The fraction of sp³-hybridized carbons (Fsp3) is 0. The Morgan fingerprint density at radius 2 is 0.565 bits per heavy atom. The third-order valence-electron chi connectivity index (χ3n) is 11.9. The summed E-state index contributed by atoms with van der Waals surface area (Å²) >= 11 is 0. The molecule has 0 radical (unpaired) electrons. The molecule has 1 heterocycles. The predicted molar refractivity (Wildman–Crippen MR) is 261 cm³/mol. The van der Waals surface area contributed by atoms with Crippen LogP contribution in [0.1, 0.15) is 0 Å². The van der Waals surface area contributed by atoms with Crippen molar-refractivity contribution in [3.05, 3.63) is 243 Å². The van der Waals surface area contributed by atoms with Crippen LogP contribution < -0.4 is 0 Å². The fourth-order valence-corrected chi connectivity index (χ4v) is 8.62. The molecule has 1 aromatic heterocycles. The molecule has 0 fully saturated rings. The first-order valence-electron chi connectivity index (χ1n) is 21.1. The standard InChI is InChI=1S/C60H40N2/c1-3-13-41(14-4-1)48-18-9-22-52(37-48)54-24-11-20-50(39-54)43-27-31-46(32-28-43)58-57-36-35-45-17-7-8-26-56(45)59(57)62-60(61-58)47-33-29-44(30-34-47)51-21-12-25-55(40-51)53-23-10-19-49(38-53)42-15-5-2-6-16-42/h1-40H. The number of rotatable bonds is 8. The molecule has 11 rings (SSSR count). The van der Waals surface area contributed by atoms with Crippen molar-refractivity contribution in [2.24, 2.45) is 0 Å². The van der Waals surface area contributed by atoms with Crippen LogP contribution in [0.4, 0.5) is 0 Å². The average Bonchev–Trinajstić information content (AvgIpc) is 3.37. The summed E-state index contributed by atoms with van der Waals surface area (Å²) in [6.07, 6.45) is 0. The molecule has 0 amide bonds. The summed E-state index contributed by atoms with van der Waals surface area (Å²) in [5, 5.41) is 3.30. The van der Waals surface area contributed by atoms with Gasteiger partial charge in [-0.3, -0.25) is 0 Å². The van der Waals surface area contributed by atoms with Crippen LogP contribution in [-0.2, 0) is 0 Å². The van der Waals surface area contributed by atoms with Gasteiger partial charge < -0.3 is 0 Å². The Bertz CT molecular complexity index is 3370. The Hall–Kier alpha value is -8.20. The Morgan fingerprint density at radius 3 is 1.03 bits per heavy atom. The molecule has 0 unspecified atom stereocenters. The summed E-state index contributed by atoms with van der Waals surface area (Å²) in [4.78, 5) is 10.6. The molecule has 0 spiro atoms. The van der Waals surface area contributed by atoms with Crippen LogP contribution in [0, 0.1) is 0 Å². The number of benzene rings is 10. The lowest BCUT2D eigenvalue weighted by atomic mass is 9.95. The van der Waals surface area contributed by atoms with Crippen LogP contribution >= 0.6 is 0 Å². The van der Waals surface area contributed by atoms with E-state index in [0.717, 1.165) is 55.2 Å². The smallest absolute Gasteiger partial charge is 0.160 e. The maximum absolute atomic E-state index is 5.32. The highest BCUT2D eigenvalue weighted by Gasteiger charge is 2.15. The average molecular weight is 789 g/mol. The molecule has 0 saturated heterocycles. The normalized spacial score (nSPS) is 11.2. The van der Waals surface area contributed by atoms with Crippen molar-refractivity contribution >= 4 is 21.7 Å². The quantitative estimate of drug-likeness (QED) is 0.143. The van der Waals surface area contributed by atoms with Gasteiger partial charge in [-0.15, -0.1) is 0 Å². The summed E-state index contributed by atoms with van der Waals surface area (Å²) in [7, 11) is 0. The molecule has 2 heteroatoms. The Morgan fingerprint density at radius 1 is 0.210 bits per heavy atom. The van der Waals surface area contributed by atoms with E-state index in [1.54, 1.807) is 0 Å². The van der Waals surface area contributed by atoms with Gasteiger partial charge >= 0.3 is 0 Å². The fourth-order valence-electron chi connectivity index (χ4n) is 8.62. The van der Waals surface area contributed by atoms with Crippen LogP contribution in [0.25, 0.3) is 111 Å². The van der Waals surface area contributed by atoms with Gasteiger partial charge in [-0.25, -0.2) is 9.97 Å². The first-order chi connectivity index (χ1) is 30.7. The topological polar surface area (TPSA) is 25.8 Å². The van der Waals surface area contributed by atoms with E-state index in [-0.39, 0.29) is 0 Å². The molecule has 0 atom stereocenters. The van der Waals surface area contributed by atoms with Crippen LogP contribution in [-0.4, -0.2) is 9.97 Å². The lowest BCUT2D eigenvalue weighted by Gasteiger charge is -2.13. The number of nitrogens with zero attached hydrogens (tertiary/aromatic N) is 2. The molecule has 0 aliphatic rings. The van der Waals surface area contributed by atoms with E-state index >= 15 is 0 Å². The molecule has 0 aliphatic carbocycles. The highest BCUT2D eigenvalue weighted by atomic mass is 14.9. The van der Waals surface area contributed by atoms with Gasteiger partial charge in [0.25, 0.3) is 0 Å². The maximum atomic E-state index is 5.32. The highest BCUT2D eigenvalue weighted by molar-refractivity contribution is 6.09. The third-order valence-corrected chi connectivity index (χ3v) is 11.9. The second kappa shape index (κ2) is 16.1. The zero-order valence-electron chi connectivity index (χ0n) is 34.0. The minimum absolute atomic E-state index is 0.705. The molecule has 0 N–H and O–H groups in total. The van der Waals surface area contributed by atoms with Crippen molar-refractivity contribution in [2.45, 2.75) is 0 Å². The SMILES string of the molecule is c1ccc(-c2cccc(-c3cccc(-c4ccc(-c5nc(-c6ccc(-c7cccc(-c8cccc(-c9ccccc9)c8)c7)cc6)c6ccc7ccccc7c6n5)cc4)c3)c2)cc1. The summed E-state index contributed by atoms with van der Waals surface area (Å²) in [5.41, 5.74) is 18.2. The van der Waals surface area contributed by atoms with Gasteiger partial charge in [0.1, 0.15) is 0 Å². The van der Waals surface area contributed by atoms with E-state index in [2.05, 4.69) is 243 Å². The predicted octanol–water partition coefficient (Wildman–Crippen LogP) is 16.1. The largest absolute Gasteiger partial charge is 0.227 e. The zero-order chi connectivity index (χ0) is 41.2. The lowest BCUT2D eigenvalue weighted by Crippen LogP contribution is -1.96. The van der Waals surface area contributed by atoms with Gasteiger partial charge in [-0.1, -0.05) is 212 Å². The van der Waals surface area contributed by atoms with Gasteiger partial charge in [-0.05, 0) is 102 Å². The summed E-state index contributed by atoms with van der Waals surface area (Å²) < 4.78 is 0. The van der Waals surface area contributed by atoms with Crippen molar-refractivity contribution in [1.29, 1.82) is 0 Å². The van der Waals surface area contributed by atoms with Crippen LogP contribution in [0.2, 0.25) is 0 Å². The summed E-state index contributed by atoms with van der Waals surface area (Å²) in [6, 6.07) is 86.6. The van der Waals surface area contributed by atoms with E-state index in [9.17, 15) is 0 Å². The van der Waals surface area contributed by atoms with E-state index in [4.69, 9.17) is 9.97 Å². The Labute approximate surface area is 362 Å². The van der Waals surface area contributed by atoms with Crippen molar-refractivity contribution < 1.29 is 0 Å². The molecule has 62 heavy (non-hydrogen) atoms. The van der Waals surface area contributed by atoms with Crippen LogP contribution in [0.15, 0.2) is 243 Å². The second-order valence-corrected chi connectivity index (χ2v) is 15.8. The van der Waals surface area contributed by atoms with Gasteiger partial charge in [0, 0.05) is 21.9 Å². The third kappa shape index (κ3) is 7.25. The first kappa shape index (κ1) is 36.8. The zero-order valence-corrected chi connectivity index (χ0v) is 34.0. The summed E-state index contributed by atoms with van der Waals surface area (Å²) in [6.45, 7) is 0. The number of hydrogen-bond donors (Lipinski definition) is 0. The number of aromatic nitrogens is 2. The molecule has 2 nitrogen and oxygen atoms in total.